The summed E-state index contributed by atoms with van der Waals surface area (Å²) in [5.41, 5.74) is 0. The Labute approximate surface area is 179 Å². The zero-order valence-electron chi connectivity index (χ0n) is 20.1. The van der Waals surface area contributed by atoms with Crippen molar-refractivity contribution in [2.75, 3.05) is 14.1 Å². The van der Waals surface area contributed by atoms with Gasteiger partial charge in [0.15, 0.2) is 0 Å². The number of hydrogen-bond acceptors (Lipinski definition) is 1. The summed E-state index contributed by atoms with van der Waals surface area (Å²) in [6.45, 7) is 4.57. The number of unbranched alkanes of at least 4 members (excludes halogenated alkanes) is 12. The molecular weight excluding hydrogens is 338 g/mol. The third-order valence-corrected chi connectivity index (χ3v) is 5.86. The Morgan fingerprint density at radius 1 is 0.536 bits per heavy atom. The van der Waals surface area contributed by atoms with Gasteiger partial charge in [0.05, 0.1) is 0 Å². The second kappa shape index (κ2) is 22.7. The fourth-order valence-corrected chi connectivity index (χ4v) is 3.84. The molecule has 166 valence electrons. The summed E-state index contributed by atoms with van der Waals surface area (Å²) < 4.78 is 0. The molecule has 0 saturated carbocycles. The van der Waals surface area contributed by atoms with Gasteiger partial charge >= 0.3 is 0 Å². The lowest BCUT2D eigenvalue weighted by atomic mass is 9.99. The monoisotopic (exact) mass is 391 g/mol. The van der Waals surface area contributed by atoms with E-state index in [0.717, 1.165) is 12.5 Å². The Bertz CT molecular complexity index is 342. The number of hydrogen-bond donors (Lipinski definition) is 0. The first kappa shape index (κ1) is 27.4. The highest BCUT2D eigenvalue weighted by Gasteiger charge is 2.10. The average Bonchev–Trinajstić information content (AvgIpc) is 2.68. The van der Waals surface area contributed by atoms with E-state index in [1.165, 1.54) is 109 Å². The van der Waals surface area contributed by atoms with E-state index in [9.17, 15) is 0 Å². The molecule has 0 aromatic carbocycles. The molecular formula is C27H53N. The number of rotatable bonds is 21. The third-order valence-electron chi connectivity index (χ3n) is 5.86. The van der Waals surface area contributed by atoms with Gasteiger partial charge in [0.25, 0.3) is 0 Å². The molecule has 28 heavy (non-hydrogen) atoms. The number of allylic oxidation sites excluding steroid dienone is 4. The maximum absolute atomic E-state index is 2.46. The van der Waals surface area contributed by atoms with E-state index >= 15 is 0 Å². The fourth-order valence-electron chi connectivity index (χ4n) is 3.84. The van der Waals surface area contributed by atoms with E-state index in [1.807, 2.05) is 0 Å². The molecule has 1 atom stereocenters. The molecule has 0 aliphatic heterocycles. The van der Waals surface area contributed by atoms with Crippen molar-refractivity contribution in [3.63, 3.8) is 0 Å². The van der Waals surface area contributed by atoms with Crippen LogP contribution in [0.25, 0.3) is 0 Å². The SMILES string of the molecule is CCCCC/C=C/C/C=C/CCCCCCCC(CCCCCCC)N(C)C. The molecule has 1 nitrogen and oxygen atoms in total. The van der Waals surface area contributed by atoms with Gasteiger partial charge in [-0.1, -0.05) is 109 Å². The summed E-state index contributed by atoms with van der Waals surface area (Å²) in [7, 11) is 4.53. The van der Waals surface area contributed by atoms with Crippen LogP contribution in [0.5, 0.6) is 0 Å². The lowest BCUT2D eigenvalue weighted by Crippen LogP contribution is -2.27. The van der Waals surface area contributed by atoms with E-state index in [0.29, 0.717) is 0 Å². The Morgan fingerprint density at radius 2 is 0.964 bits per heavy atom. The average molecular weight is 392 g/mol. The Morgan fingerprint density at radius 3 is 1.50 bits per heavy atom. The van der Waals surface area contributed by atoms with Crippen LogP contribution in [0.3, 0.4) is 0 Å². The Hall–Kier alpha value is -0.560. The lowest BCUT2D eigenvalue weighted by Gasteiger charge is -2.24. The molecule has 0 aromatic rings. The first-order chi connectivity index (χ1) is 13.7. The van der Waals surface area contributed by atoms with Crippen molar-refractivity contribution < 1.29 is 0 Å². The largest absolute Gasteiger partial charge is 0.306 e. The van der Waals surface area contributed by atoms with Gasteiger partial charge < -0.3 is 4.90 Å². The van der Waals surface area contributed by atoms with Crippen molar-refractivity contribution in [1.82, 2.24) is 4.90 Å². The molecule has 0 aromatic heterocycles. The van der Waals surface area contributed by atoms with Crippen LogP contribution in [0.15, 0.2) is 24.3 Å². The van der Waals surface area contributed by atoms with Crippen LogP contribution in [0.2, 0.25) is 0 Å². The standard InChI is InChI=1S/C27H53N/c1-5-7-9-11-12-13-14-15-16-17-18-19-20-22-24-26-27(28(3)4)25-23-21-10-8-6-2/h12-13,15-16,27H,5-11,14,17-26H2,1-4H3/b13-12+,16-15+. The minimum Gasteiger partial charge on any atom is -0.306 e. The van der Waals surface area contributed by atoms with E-state index in [4.69, 9.17) is 0 Å². The smallest absolute Gasteiger partial charge is 0.00891 e. The van der Waals surface area contributed by atoms with Gasteiger partial charge in [-0.2, -0.15) is 0 Å². The summed E-state index contributed by atoms with van der Waals surface area (Å²) in [5, 5.41) is 0. The van der Waals surface area contributed by atoms with Gasteiger partial charge in [-0.15, -0.1) is 0 Å². The minimum atomic E-state index is 0.805. The van der Waals surface area contributed by atoms with E-state index in [2.05, 4.69) is 57.1 Å². The summed E-state index contributed by atoms with van der Waals surface area (Å²) in [4.78, 5) is 2.46. The molecule has 1 heteroatoms. The first-order valence-corrected chi connectivity index (χ1v) is 12.7. The maximum atomic E-state index is 2.46. The maximum Gasteiger partial charge on any atom is 0.00891 e. The van der Waals surface area contributed by atoms with Crippen LogP contribution in [0.1, 0.15) is 129 Å². The summed E-state index contributed by atoms with van der Waals surface area (Å²) in [6, 6.07) is 0.805. The predicted molar refractivity (Wildman–Crippen MR) is 130 cm³/mol. The molecule has 0 bridgehead atoms. The van der Waals surface area contributed by atoms with E-state index in [1.54, 1.807) is 0 Å². The van der Waals surface area contributed by atoms with Crippen LogP contribution < -0.4 is 0 Å². The molecule has 0 fully saturated rings. The minimum absolute atomic E-state index is 0.805. The molecule has 1 unspecified atom stereocenters. The highest BCUT2D eigenvalue weighted by atomic mass is 15.1. The highest BCUT2D eigenvalue weighted by Crippen LogP contribution is 2.16. The van der Waals surface area contributed by atoms with Crippen molar-refractivity contribution in [3.8, 4) is 0 Å². The van der Waals surface area contributed by atoms with Crippen LogP contribution in [0, 0.1) is 0 Å². The van der Waals surface area contributed by atoms with Gasteiger partial charge in [-0.05, 0) is 59.0 Å². The second-order valence-corrected chi connectivity index (χ2v) is 8.84. The second-order valence-electron chi connectivity index (χ2n) is 8.84. The van der Waals surface area contributed by atoms with Crippen LogP contribution in [-0.2, 0) is 0 Å². The normalized spacial score (nSPS) is 13.3. The lowest BCUT2D eigenvalue weighted by molar-refractivity contribution is 0.251. The van der Waals surface area contributed by atoms with Crippen LogP contribution >= 0.6 is 0 Å². The fraction of sp³-hybridized carbons (Fsp3) is 0.852. The molecule has 0 spiro atoms. The topological polar surface area (TPSA) is 3.24 Å². The molecule has 0 saturated heterocycles. The predicted octanol–water partition coefficient (Wildman–Crippen LogP) is 9.09. The van der Waals surface area contributed by atoms with Gasteiger partial charge in [0, 0.05) is 6.04 Å². The summed E-state index contributed by atoms with van der Waals surface area (Å²) in [5.74, 6) is 0. The van der Waals surface area contributed by atoms with Gasteiger partial charge in [-0.25, -0.2) is 0 Å². The quantitative estimate of drug-likeness (QED) is 0.139. The molecule has 0 rings (SSSR count). The van der Waals surface area contributed by atoms with Crippen LogP contribution in [0.4, 0.5) is 0 Å². The Balaban J connectivity index is 3.49. The van der Waals surface area contributed by atoms with Gasteiger partial charge in [-0.3, -0.25) is 0 Å². The summed E-state index contributed by atoms with van der Waals surface area (Å²) >= 11 is 0. The van der Waals surface area contributed by atoms with Crippen molar-refractivity contribution in [2.45, 2.75) is 135 Å². The van der Waals surface area contributed by atoms with Gasteiger partial charge in [0.2, 0.25) is 0 Å². The zero-order valence-corrected chi connectivity index (χ0v) is 20.1. The van der Waals surface area contributed by atoms with Crippen molar-refractivity contribution >= 4 is 0 Å². The van der Waals surface area contributed by atoms with Crippen molar-refractivity contribution in [3.05, 3.63) is 24.3 Å². The van der Waals surface area contributed by atoms with Crippen molar-refractivity contribution in [1.29, 1.82) is 0 Å². The molecule has 0 amide bonds. The molecule has 0 radical (unpaired) electrons. The molecule has 0 N–H and O–H groups in total. The zero-order chi connectivity index (χ0) is 20.7. The summed E-state index contributed by atoms with van der Waals surface area (Å²) in [6.07, 6.45) is 34.0. The number of nitrogens with zero attached hydrogens (tertiary/aromatic N) is 1. The van der Waals surface area contributed by atoms with Crippen LogP contribution in [-0.4, -0.2) is 25.0 Å². The Kier molecular flexibility index (Phi) is 22.3. The molecule has 0 aliphatic carbocycles. The first-order valence-electron chi connectivity index (χ1n) is 12.7. The van der Waals surface area contributed by atoms with E-state index in [-0.39, 0.29) is 0 Å². The molecule has 0 aliphatic rings. The molecule has 0 heterocycles. The van der Waals surface area contributed by atoms with E-state index < -0.39 is 0 Å². The third kappa shape index (κ3) is 20.2. The highest BCUT2D eigenvalue weighted by molar-refractivity contribution is 4.92. The van der Waals surface area contributed by atoms with Crippen molar-refractivity contribution in [2.24, 2.45) is 0 Å². The van der Waals surface area contributed by atoms with Gasteiger partial charge in [0.1, 0.15) is 0 Å².